The van der Waals surface area contributed by atoms with E-state index < -0.39 is 0 Å². The van der Waals surface area contributed by atoms with Gasteiger partial charge in [0.1, 0.15) is 17.9 Å². The minimum atomic E-state index is 0. The zero-order valence-electron chi connectivity index (χ0n) is 16.8. The van der Waals surface area contributed by atoms with Crippen molar-refractivity contribution < 1.29 is 4.74 Å². The molecule has 1 N–H and O–H groups in total. The Hall–Kier alpha value is -2.83. The van der Waals surface area contributed by atoms with Crippen LogP contribution in [0.3, 0.4) is 0 Å². The Morgan fingerprint density at radius 1 is 1.07 bits per heavy atom. The van der Waals surface area contributed by atoms with Gasteiger partial charge in [-0.3, -0.25) is 9.48 Å². The maximum atomic E-state index is 12.9. The molecular weight excluding hydrogens is 388 g/mol. The van der Waals surface area contributed by atoms with Gasteiger partial charge in [0.2, 0.25) is 5.43 Å². The molecule has 0 amide bonds. The van der Waals surface area contributed by atoms with Gasteiger partial charge in [-0.05, 0) is 55.9 Å². The molecule has 0 radical (unpaired) electrons. The third-order valence-corrected chi connectivity index (χ3v) is 4.89. The number of nitrogens with one attached hydrogen (secondary N) is 1. The Morgan fingerprint density at radius 2 is 1.79 bits per heavy atom. The molecule has 0 bridgehead atoms. The summed E-state index contributed by atoms with van der Waals surface area (Å²) in [5.74, 6) is 0.874. The van der Waals surface area contributed by atoms with E-state index in [1.165, 1.54) is 5.56 Å². The first-order valence-corrected chi connectivity index (χ1v) is 9.34. The van der Waals surface area contributed by atoms with Crippen molar-refractivity contribution in [3.63, 3.8) is 0 Å². The lowest BCUT2D eigenvalue weighted by molar-refractivity contribution is 0.261. The summed E-state index contributed by atoms with van der Waals surface area (Å²) in [5.41, 5.74) is 4.48. The van der Waals surface area contributed by atoms with Gasteiger partial charge in [-0.1, -0.05) is 18.2 Å². The summed E-state index contributed by atoms with van der Waals surface area (Å²) in [6, 6.07) is 14.1. The third kappa shape index (κ3) is 4.44. The zero-order valence-corrected chi connectivity index (χ0v) is 17.6. The number of hydrogen-bond acceptors (Lipinski definition) is 4. The second-order valence-corrected chi connectivity index (χ2v) is 7.34. The van der Waals surface area contributed by atoms with Crippen LogP contribution in [0.4, 0.5) is 0 Å². The maximum absolute atomic E-state index is 12.9. The first-order valence-electron chi connectivity index (χ1n) is 9.34. The molecule has 0 aliphatic heterocycles. The average Bonchev–Trinajstić information content (AvgIpc) is 3.04. The first-order chi connectivity index (χ1) is 13.5. The van der Waals surface area contributed by atoms with E-state index in [-0.39, 0.29) is 17.8 Å². The Morgan fingerprint density at radius 3 is 2.52 bits per heavy atom. The van der Waals surface area contributed by atoms with Gasteiger partial charge in [0, 0.05) is 24.5 Å². The van der Waals surface area contributed by atoms with Crippen molar-refractivity contribution in [1.82, 2.24) is 19.7 Å². The molecule has 4 rings (SSSR count). The number of hydrogen-bond donors (Lipinski definition) is 1. The average molecular weight is 413 g/mol. The topological polar surface area (TPSA) is 63.1 Å². The van der Waals surface area contributed by atoms with Gasteiger partial charge in [0.05, 0.1) is 11.7 Å². The van der Waals surface area contributed by atoms with Crippen LogP contribution < -0.4 is 10.2 Å². The standard InChI is InChI=1S/C22H24N4O2.ClH/c1-25(2)10-11-28-17-7-4-15(5-8-17)12-16-6-9-19-18(13-16)22(27)21-20(24-19)14-23-26(21)3;/h4-9,13-14H,10-12H2,1-3H3,(H,24,27);1H. The van der Waals surface area contributed by atoms with Crippen LogP contribution in [0.15, 0.2) is 53.5 Å². The van der Waals surface area contributed by atoms with E-state index in [1.807, 2.05) is 38.4 Å². The van der Waals surface area contributed by atoms with Gasteiger partial charge < -0.3 is 14.6 Å². The Balaban J connectivity index is 0.00000240. The SMILES string of the molecule is CN(C)CCOc1ccc(Cc2ccc3[nH]c4cnn(C)c4c(=O)c3c2)cc1.Cl. The fraction of sp³-hybridized carbons (Fsp3) is 0.273. The monoisotopic (exact) mass is 412 g/mol. The van der Waals surface area contributed by atoms with Crippen LogP contribution in [0, 0.1) is 0 Å². The molecule has 152 valence electrons. The quantitative estimate of drug-likeness (QED) is 0.527. The van der Waals surface area contributed by atoms with Gasteiger partial charge >= 0.3 is 0 Å². The molecular formula is C22H25ClN4O2. The number of nitrogens with zero attached hydrogens (tertiary/aromatic N) is 3. The number of rotatable bonds is 6. The summed E-state index contributed by atoms with van der Waals surface area (Å²) in [5, 5.41) is 4.87. The number of halogens is 1. The third-order valence-electron chi connectivity index (χ3n) is 4.89. The van der Waals surface area contributed by atoms with E-state index in [0.717, 1.165) is 35.3 Å². The van der Waals surface area contributed by atoms with Crippen molar-refractivity contribution in [1.29, 1.82) is 0 Å². The molecule has 4 aromatic rings. The molecule has 6 nitrogen and oxygen atoms in total. The summed E-state index contributed by atoms with van der Waals surface area (Å²) in [4.78, 5) is 18.3. The molecule has 0 aliphatic rings. The number of H-pyrrole nitrogens is 1. The molecule has 0 saturated carbocycles. The second kappa shape index (κ2) is 8.68. The lowest BCUT2D eigenvalue weighted by atomic mass is 10.0. The molecule has 0 spiro atoms. The van der Waals surface area contributed by atoms with Crippen LogP contribution in [0.5, 0.6) is 5.75 Å². The van der Waals surface area contributed by atoms with E-state index in [0.29, 0.717) is 17.5 Å². The predicted molar refractivity (Wildman–Crippen MR) is 119 cm³/mol. The van der Waals surface area contributed by atoms with Crippen LogP contribution in [0.2, 0.25) is 0 Å². The Kier molecular flexibility index (Phi) is 6.25. The summed E-state index contributed by atoms with van der Waals surface area (Å²) >= 11 is 0. The van der Waals surface area contributed by atoms with Crippen molar-refractivity contribution >= 4 is 34.3 Å². The number of aromatic amines is 1. The van der Waals surface area contributed by atoms with Crippen LogP contribution in [-0.4, -0.2) is 46.9 Å². The second-order valence-electron chi connectivity index (χ2n) is 7.34. The number of aromatic nitrogens is 3. The molecule has 2 aromatic heterocycles. The largest absolute Gasteiger partial charge is 0.492 e. The molecule has 29 heavy (non-hydrogen) atoms. The van der Waals surface area contributed by atoms with Crippen molar-refractivity contribution in [2.75, 3.05) is 27.2 Å². The molecule has 2 aromatic carbocycles. The smallest absolute Gasteiger partial charge is 0.215 e. The summed E-state index contributed by atoms with van der Waals surface area (Å²) < 4.78 is 7.36. The maximum Gasteiger partial charge on any atom is 0.215 e. The highest BCUT2D eigenvalue weighted by atomic mass is 35.5. The fourth-order valence-corrected chi connectivity index (χ4v) is 3.35. The van der Waals surface area contributed by atoms with Gasteiger partial charge in [-0.15, -0.1) is 12.4 Å². The van der Waals surface area contributed by atoms with Crippen LogP contribution >= 0.6 is 12.4 Å². The Labute approximate surface area is 175 Å². The number of pyridine rings is 1. The van der Waals surface area contributed by atoms with Gasteiger partial charge in [-0.2, -0.15) is 5.10 Å². The zero-order chi connectivity index (χ0) is 19.7. The highest BCUT2D eigenvalue weighted by molar-refractivity contribution is 5.90. The van der Waals surface area contributed by atoms with Crippen molar-refractivity contribution in [3.8, 4) is 5.75 Å². The number of likely N-dealkylation sites (N-methyl/N-ethyl adjacent to an activating group) is 1. The molecule has 0 aliphatic carbocycles. The van der Waals surface area contributed by atoms with Crippen molar-refractivity contribution in [3.05, 3.63) is 70.0 Å². The van der Waals surface area contributed by atoms with E-state index in [4.69, 9.17) is 4.74 Å². The minimum absolute atomic E-state index is 0. The lowest BCUT2D eigenvalue weighted by Crippen LogP contribution is -2.19. The van der Waals surface area contributed by atoms with Crippen LogP contribution in [-0.2, 0) is 13.5 Å². The summed E-state index contributed by atoms with van der Waals surface area (Å²) in [6.45, 7) is 1.56. The molecule has 2 heterocycles. The minimum Gasteiger partial charge on any atom is -0.492 e. The highest BCUT2D eigenvalue weighted by Crippen LogP contribution is 2.19. The highest BCUT2D eigenvalue weighted by Gasteiger charge is 2.10. The van der Waals surface area contributed by atoms with E-state index in [9.17, 15) is 4.79 Å². The number of benzene rings is 2. The van der Waals surface area contributed by atoms with Crippen LogP contribution in [0.25, 0.3) is 21.9 Å². The first kappa shape index (κ1) is 20.9. The van der Waals surface area contributed by atoms with E-state index in [1.54, 1.807) is 17.9 Å². The number of fused-ring (bicyclic) bond motifs is 2. The number of ether oxygens (including phenoxy) is 1. The number of aryl methyl sites for hydroxylation is 1. The summed E-state index contributed by atoms with van der Waals surface area (Å²) in [7, 11) is 5.84. The van der Waals surface area contributed by atoms with Crippen molar-refractivity contribution in [2.24, 2.45) is 7.05 Å². The lowest BCUT2D eigenvalue weighted by Gasteiger charge is -2.11. The Bertz CT molecular complexity index is 1180. The normalized spacial score (nSPS) is 11.2. The van der Waals surface area contributed by atoms with Gasteiger partial charge in [-0.25, -0.2) is 0 Å². The molecule has 0 saturated heterocycles. The van der Waals surface area contributed by atoms with Crippen molar-refractivity contribution in [2.45, 2.75) is 6.42 Å². The van der Waals surface area contributed by atoms with E-state index in [2.05, 4.69) is 33.2 Å². The van der Waals surface area contributed by atoms with E-state index >= 15 is 0 Å². The molecule has 7 heteroatoms. The van der Waals surface area contributed by atoms with Crippen LogP contribution in [0.1, 0.15) is 11.1 Å². The molecule has 0 fully saturated rings. The molecule has 0 atom stereocenters. The summed E-state index contributed by atoms with van der Waals surface area (Å²) in [6.07, 6.45) is 2.45. The van der Waals surface area contributed by atoms with Gasteiger partial charge in [0.15, 0.2) is 0 Å². The fourth-order valence-electron chi connectivity index (χ4n) is 3.35. The van der Waals surface area contributed by atoms with Gasteiger partial charge in [0.25, 0.3) is 0 Å². The predicted octanol–water partition coefficient (Wildman–Crippen LogP) is 3.37. The molecule has 0 unspecified atom stereocenters.